The van der Waals surface area contributed by atoms with Gasteiger partial charge in [-0.15, -0.1) is 0 Å². The molecule has 0 saturated carbocycles. The monoisotopic (exact) mass is 493 g/mol. The highest BCUT2D eigenvalue weighted by atomic mass is 32.2. The molecule has 0 aliphatic carbocycles. The van der Waals surface area contributed by atoms with E-state index in [0.29, 0.717) is 17.1 Å². The van der Waals surface area contributed by atoms with Crippen LogP contribution in [0.2, 0.25) is 0 Å². The highest BCUT2D eigenvalue weighted by molar-refractivity contribution is 7.98. The molecule has 35 heavy (non-hydrogen) atoms. The van der Waals surface area contributed by atoms with Crippen LogP contribution < -0.4 is 5.56 Å². The van der Waals surface area contributed by atoms with E-state index >= 15 is 0 Å². The van der Waals surface area contributed by atoms with Crippen LogP contribution in [0.4, 0.5) is 14.5 Å². The third-order valence-corrected chi connectivity index (χ3v) is 5.95. The van der Waals surface area contributed by atoms with Gasteiger partial charge in [0.2, 0.25) is 11.7 Å². The summed E-state index contributed by atoms with van der Waals surface area (Å²) in [4.78, 5) is 32.3. The molecule has 0 unspecified atom stereocenters. The predicted octanol–water partition coefficient (Wildman–Crippen LogP) is 4.91. The van der Waals surface area contributed by atoms with Gasteiger partial charge in [0.05, 0.1) is 27.3 Å². The molecule has 9 nitrogen and oxygen atoms in total. The van der Waals surface area contributed by atoms with Gasteiger partial charge in [0.1, 0.15) is 11.6 Å². The predicted molar refractivity (Wildman–Crippen MR) is 123 cm³/mol. The van der Waals surface area contributed by atoms with Crippen molar-refractivity contribution in [2.24, 2.45) is 0 Å². The molecule has 0 aliphatic rings. The fourth-order valence-corrected chi connectivity index (χ4v) is 4.22. The molecule has 0 fully saturated rings. The van der Waals surface area contributed by atoms with E-state index in [9.17, 15) is 23.7 Å². The summed E-state index contributed by atoms with van der Waals surface area (Å²) in [6.45, 7) is 0. The normalized spacial score (nSPS) is 11.1. The van der Waals surface area contributed by atoms with E-state index in [1.54, 1.807) is 24.3 Å². The second kappa shape index (κ2) is 9.06. The van der Waals surface area contributed by atoms with Crippen molar-refractivity contribution >= 4 is 28.4 Å². The molecule has 0 N–H and O–H groups in total. The molecule has 0 radical (unpaired) electrons. The number of non-ortho nitro benzene ring substituents is 1. The minimum absolute atomic E-state index is 0.0681. The van der Waals surface area contributed by atoms with Gasteiger partial charge in [-0.2, -0.15) is 4.98 Å². The van der Waals surface area contributed by atoms with Gasteiger partial charge >= 0.3 is 0 Å². The van der Waals surface area contributed by atoms with Gasteiger partial charge in [-0.05, 0) is 36.4 Å². The first-order valence-corrected chi connectivity index (χ1v) is 11.1. The number of hydrogen-bond acceptors (Lipinski definition) is 8. The first-order chi connectivity index (χ1) is 16.9. The third-order valence-electron chi connectivity index (χ3n) is 5.02. The number of hydrogen-bond donors (Lipinski definition) is 0. The van der Waals surface area contributed by atoms with E-state index < -0.39 is 22.1 Å². The molecule has 5 aromatic rings. The van der Waals surface area contributed by atoms with Crippen LogP contribution in [0.5, 0.6) is 0 Å². The molecular weight excluding hydrogens is 480 g/mol. The zero-order valence-corrected chi connectivity index (χ0v) is 18.4. The van der Waals surface area contributed by atoms with Crippen LogP contribution in [0.25, 0.3) is 28.0 Å². The third kappa shape index (κ3) is 4.38. The van der Waals surface area contributed by atoms with Gasteiger partial charge in [-0.25, -0.2) is 13.8 Å². The van der Waals surface area contributed by atoms with Gasteiger partial charge < -0.3 is 4.52 Å². The van der Waals surface area contributed by atoms with Crippen LogP contribution in [-0.4, -0.2) is 24.6 Å². The topological polar surface area (TPSA) is 117 Å². The number of thioether (sulfide) groups is 1. The summed E-state index contributed by atoms with van der Waals surface area (Å²) in [5.74, 6) is -1.18. The van der Waals surface area contributed by atoms with Crippen molar-refractivity contribution in [3.8, 4) is 17.1 Å². The van der Waals surface area contributed by atoms with Crippen molar-refractivity contribution in [3.05, 3.63) is 105 Å². The Balaban J connectivity index is 1.49. The van der Waals surface area contributed by atoms with Gasteiger partial charge in [0, 0.05) is 23.8 Å². The van der Waals surface area contributed by atoms with Crippen LogP contribution in [0.1, 0.15) is 5.89 Å². The van der Waals surface area contributed by atoms with E-state index in [4.69, 9.17) is 4.52 Å². The number of halogens is 2. The molecule has 0 atom stereocenters. The molecule has 5 rings (SSSR count). The Morgan fingerprint density at radius 2 is 1.80 bits per heavy atom. The highest BCUT2D eigenvalue weighted by Gasteiger charge is 2.18. The number of fused-ring (bicyclic) bond motifs is 1. The molecule has 2 heterocycles. The van der Waals surface area contributed by atoms with E-state index in [-0.39, 0.29) is 39.4 Å². The SMILES string of the molecule is O=c1c2ccccc2nc(SCc2nc(-c3ccc([N+](=O)[O-])cc3)no2)n1-c1ccc(F)cc1F. The Kier molecular flexibility index (Phi) is 5.79. The lowest BCUT2D eigenvalue weighted by molar-refractivity contribution is -0.384. The summed E-state index contributed by atoms with van der Waals surface area (Å²) in [6, 6.07) is 15.2. The maximum atomic E-state index is 14.6. The van der Waals surface area contributed by atoms with Gasteiger partial charge in [0.25, 0.3) is 11.2 Å². The highest BCUT2D eigenvalue weighted by Crippen LogP contribution is 2.27. The lowest BCUT2D eigenvalue weighted by Crippen LogP contribution is -2.22. The summed E-state index contributed by atoms with van der Waals surface area (Å²) in [7, 11) is 0. The van der Waals surface area contributed by atoms with Crippen molar-refractivity contribution in [2.45, 2.75) is 10.9 Å². The largest absolute Gasteiger partial charge is 0.338 e. The molecule has 0 aliphatic heterocycles. The van der Waals surface area contributed by atoms with Crippen LogP contribution in [0.3, 0.4) is 0 Å². The van der Waals surface area contributed by atoms with Crippen LogP contribution in [0.15, 0.2) is 81.2 Å². The summed E-state index contributed by atoms with van der Waals surface area (Å²) in [5.41, 5.74) is 0.206. The minimum Gasteiger partial charge on any atom is -0.338 e. The number of rotatable bonds is 6. The Morgan fingerprint density at radius 1 is 1.03 bits per heavy atom. The van der Waals surface area contributed by atoms with Crippen LogP contribution in [-0.2, 0) is 5.75 Å². The maximum absolute atomic E-state index is 14.6. The second-order valence-electron chi connectivity index (χ2n) is 7.25. The smallest absolute Gasteiger partial charge is 0.269 e. The fraction of sp³-hybridized carbons (Fsp3) is 0.0435. The molecule has 12 heteroatoms. The molecule has 0 saturated heterocycles. The minimum atomic E-state index is -0.913. The average molecular weight is 493 g/mol. The van der Waals surface area contributed by atoms with E-state index in [0.717, 1.165) is 22.4 Å². The summed E-state index contributed by atoms with van der Waals surface area (Å²) in [6.07, 6.45) is 0. The summed E-state index contributed by atoms with van der Waals surface area (Å²) < 4.78 is 34.4. The van der Waals surface area contributed by atoms with E-state index in [1.165, 1.54) is 30.3 Å². The lowest BCUT2D eigenvalue weighted by atomic mass is 10.2. The fourth-order valence-electron chi connectivity index (χ4n) is 3.37. The maximum Gasteiger partial charge on any atom is 0.269 e. The molecular formula is C23H13F2N5O4S. The van der Waals surface area contributed by atoms with Gasteiger partial charge in [-0.1, -0.05) is 29.1 Å². The molecule has 3 aromatic carbocycles. The van der Waals surface area contributed by atoms with Gasteiger partial charge in [0.15, 0.2) is 5.16 Å². The standard InChI is InChI=1S/C23H13F2N5O4S/c24-14-7-10-19(17(25)11-14)29-22(31)16-3-1-2-4-18(16)26-23(29)35-12-20-27-21(28-34-20)13-5-8-15(9-6-13)30(32)33/h1-11H,12H2. The average Bonchev–Trinajstić information content (AvgIpc) is 3.33. The van der Waals surface area contributed by atoms with Crippen molar-refractivity contribution in [1.82, 2.24) is 19.7 Å². The number of aromatic nitrogens is 4. The van der Waals surface area contributed by atoms with Crippen molar-refractivity contribution in [2.75, 3.05) is 0 Å². The Morgan fingerprint density at radius 3 is 2.54 bits per heavy atom. The number of nitrogens with zero attached hydrogens (tertiary/aromatic N) is 5. The first-order valence-electron chi connectivity index (χ1n) is 10.1. The lowest BCUT2D eigenvalue weighted by Gasteiger charge is -2.13. The number of benzene rings is 3. The Hall–Kier alpha value is -4.45. The molecule has 0 spiro atoms. The molecule has 2 aromatic heterocycles. The second-order valence-corrected chi connectivity index (χ2v) is 8.19. The number of para-hydroxylation sites is 1. The quantitative estimate of drug-likeness (QED) is 0.142. The van der Waals surface area contributed by atoms with Crippen LogP contribution in [0, 0.1) is 21.7 Å². The zero-order valence-electron chi connectivity index (χ0n) is 17.6. The molecule has 174 valence electrons. The van der Waals surface area contributed by atoms with Crippen LogP contribution >= 0.6 is 11.8 Å². The first kappa shape index (κ1) is 22.3. The summed E-state index contributed by atoms with van der Waals surface area (Å²) >= 11 is 1.06. The van der Waals surface area contributed by atoms with Crippen molar-refractivity contribution < 1.29 is 18.2 Å². The van der Waals surface area contributed by atoms with E-state index in [1.807, 2.05) is 0 Å². The zero-order chi connectivity index (χ0) is 24.5. The molecule has 0 bridgehead atoms. The Bertz CT molecular complexity index is 1640. The number of nitro benzene ring substituents is 1. The van der Waals surface area contributed by atoms with E-state index in [2.05, 4.69) is 15.1 Å². The number of nitro groups is 1. The molecule has 0 amide bonds. The Labute approximate surface area is 199 Å². The van der Waals surface area contributed by atoms with Gasteiger partial charge in [-0.3, -0.25) is 19.5 Å². The van der Waals surface area contributed by atoms with Crippen molar-refractivity contribution in [3.63, 3.8) is 0 Å². The summed E-state index contributed by atoms with van der Waals surface area (Å²) in [5, 5.41) is 15.1. The van der Waals surface area contributed by atoms with Crippen molar-refractivity contribution in [1.29, 1.82) is 0 Å².